The first-order valence-corrected chi connectivity index (χ1v) is 9.94. The van der Waals surface area contributed by atoms with Gasteiger partial charge in [-0.05, 0) is 32.7 Å². The maximum Gasteiger partial charge on any atom is 0.243 e. The fraction of sp³-hybridized carbons (Fsp3) is 0.857. The van der Waals surface area contributed by atoms with Gasteiger partial charge < -0.3 is 9.42 Å². The van der Waals surface area contributed by atoms with E-state index in [0.717, 1.165) is 38.5 Å². The lowest BCUT2D eigenvalue weighted by Crippen LogP contribution is -2.47. The molecule has 3 rings (SSSR count). The second-order valence-electron chi connectivity index (χ2n) is 6.54. The molecule has 2 aliphatic rings. The highest BCUT2D eigenvalue weighted by molar-refractivity contribution is 7.89. The van der Waals surface area contributed by atoms with Crippen LogP contribution in [0.3, 0.4) is 0 Å². The van der Waals surface area contributed by atoms with Crippen LogP contribution >= 0.6 is 0 Å². The molecule has 0 radical (unpaired) electrons. The molecular weight excluding hydrogens is 318 g/mol. The average molecular weight is 343 g/mol. The summed E-state index contributed by atoms with van der Waals surface area (Å²) >= 11 is 0. The molecule has 2 fully saturated rings. The van der Waals surface area contributed by atoms with Gasteiger partial charge in [0.1, 0.15) is 0 Å². The van der Waals surface area contributed by atoms with Gasteiger partial charge in [0.25, 0.3) is 0 Å². The number of nitrogens with zero attached hydrogens (tertiary/aromatic N) is 4. The lowest BCUT2D eigenvalue weighted by molar-refractivity contribution is 0.0885. The van der Waals surface area contributed by atoms with Crippen molar-refractivity contribution in [2.75, 3.05) is 38.5 Å². The van der Waals surface area contributed by atoms with E-state index < -0.39 is 10.0 Å². The highest BCUT2D eigenvalue weighted by Crippen LogP contribution is 2.38. The summed E-state index contributed by atoms with van der Waals surface area (Å²) in [5.41, 5.74) is 0. The number of hydrogen-bond acceptors (Lipinski definition) is 7. The SMILES string of the molecule is C[C@@H](c1nc(C2CC2)no1)N1CCN(CCCS(N)(=O)=O)CC1. The Bertz CT molecular complexity index is 620. The zero-order valence-corrected chi connectivity index (χ0v) is 14.3. The quantitative estimate of drug-likeness (QED) is 0.759. The maximum absolute atomic E-state index is 11.0. The van der Waals surface area contributed by atoms with Crippen LogP contribution in [-0.2, 0) is 10.0 Å². The fourth-order valence-corrected chi connectivity index (χ4v) is 3.48. The summed E-state index contributed by atoms with van der Waals surface area (Å²) < 4.78 is 27.3. The van der Waals surface area contributed by atoms with Crippen LogP contribution in [0.15, 0.2) is 4.52 Å². The van der Waals surface area contributed by atoms with E-state index in [0.29, 0.717) is 18.2 Å². The van der Waals surface area contributed by atoms with Gasteiger partial charge in [-0.3, -0.25) is 4.90 Å². The number of aromatic nitrogens is 2. The van der Waals surface area contributed by atoms with E-state index in [1.54, 1.807) is 0 Å². The molecule has 1 aliphatic carbocycles. The number of sulfonamides is 1. The first-order chi connectivity index (χ1) is 10.9. The third-order valence-corrected chi connectivity index (χ3v) is 5.47. The largest absolute Gasteiger partial charge is 0.338 e. The Hall–Kier alpha value is -1.03. The van der Waals surface area contributed by atoms with Gasteiger partial charge >= 0.3 is 0 Å². The van der Waals surface area contributed by atoms with Crippen molar-refractivity contribution < 1.29 is 12.9 Å². The van der Waals surface area contributed by atoms with E-state index in [1.807, 2.05) is 0 Å². The van der Waals surface area contributed by atoms with Crippen LogP contribution in [0.1, 0.15) is 49.9 Å². The van der Waals surface area contributed by atoms with Crippen molar-refractivity contribution in [1.29, 1.82) is 0 Å². The standard InChI is InChI=1S/C14H25N5O3S/c1-11(14-16-13(17-22-14)12-3-4-12)19-8-6-18(7-9-19)5-2-10-23(15,20)21/h11-12H,2-10H2,1H3,(H2,15,20,21)/t11-/m0/s1. The molecule has 1 aromatic heterocycles. The number of rotatable bonds is 7. The third kappa shape index (κ3) is 4.72. The van der Waals surface area contributed by atoms with Crippen LogP contribution in [0.2, 0.25) is 0 Å². The number of nitrogens with two attached hydrogens (primary N) is 1. The Labute approximate surface area is 137 Å². The first-order valence-electron chi connectivity index (χ1n) is 8.23. The predicted octanol–water partition coefficient (Wildman–Crippen LogP) is 0.304. The third-order valence-electron chi connectivity index (χ3n) is 4.62. The Morgan fingerprint density at radius 1 is 1.30 bits per heavy atom. The Morgan fingerprint density at radius 3 is 2.61 bits per heavy atom. The van der Waals surface area contributed by atoms with Crippen molar-refractivity contribution in [3.8, 4) is 0 Å². The predicted molar refractivity (Wildman–Crippen MR) is 85.3 cm³/mol. The summed E-state index contributed by atoms with van der Waals surface area (Å²) in [5, 5.41) is 9.11. The normalized spacial score (nSPS) is 22.3. The van der Waals surface area contributed by atoms with Crippen molar-refractivity contribution in [3.63, 3.8) is 0 Å². The van der Waals surface area contributed by atoms with Crippen LogP contribution in [0.4, 0.5) is 0 Å². The highest BCUT2D eigenvalue weighted by atomic mass is 32.2. The van der Waals surface area contributed by atoms with Crippen molar-refractivity contribution in [1.82, 2.24) is 19.9 Å². The van der Waals surface area contributed by atoms with Gasteiger partial charge in [0, 0.05) is 32.1 Å². The second kappa shape index (κ2) is 6.84. The molecule has 1 aliphatic heterocycles. The van der Waals surface area contributed by atoms with Crippen LogP contribution in [0.25, 0.3) is 0 Å². The first kappa shape index (κ1) is 16.8. The Morgan fingerprint density at radius 2 is 2.00 bits per heavy atom. The Kier molecular flexibility index (Phi) is 5.00. The van der Waals surface area contributed by atoms with E-state index in [2.05, 4.69) is 26.9 Å². The van der Waals surface area contributed by atoms with Crippen molar-refractivity contribution in [2.45, 2.75) is 38.1 Å². The van der Waals surface area contributed by atoms with Crippen molar-refractivity contribution in [2.24, 2.45) is 5.14 Å². The van der Waals surface area contributed by atoms with Gasteiger partial charge in [0.15, 0.2) is 5.82 Å². The zero-order chi connectivity index (χ0) is 16.4. The number of hydrogen-bond donors (Lipinski definition) is 1. The lowest BCUT2D eigenvalue weighted by atomic mass is 10.2. The summed E-state index contributed by atoms with van der Waals surface area (Å²) in [5.74, 6) is 2.12. The van der Waals surface area contributed by atoms with Gasteiger partial charge in [-0.15, -0.1) is 0 Å². The minimum absolute atomic E-state index is 0.0511. The van der Waals surface area contributed by atoms with Crippen LogP contribution < -0.4 is 5.14 Å². The number of piperazine rings is 1. The average Bonchev–Trinajstić information content (AvgIpc) is 3.23. The maximum atomic E-state index is 11.0. The Balaban J connectivity index is 1.44. The van der Waals surface area contributed by atoms with E-state index >= 15 is 0 Å². The van der Waals surface area contributed by atoms with E-state index in [-0.39, 0.29) is 11.8 Å². The molecular formula is C14H25N5O3S. The van der Waals surface area contributed by atoms with Crippen LogP contribution in [-0.4, -0.2) is 66.8 Å². The molecule has 1 saturated carbocycles. The summed E-state index contributed by atoms with van der Waals surface area (Å²) in [4.78, 5) is 9.14. The summed E-state index contributed by atoms with van der Waals surface area (Å²) in [6, 6.07) is 0.126. The highest BCUT2D eigenvalue weighted by Gasteiger charge is 2.31. The molecule has 23 heavy (non-hydrogen) atoms. The molecule has 0 spiro atoms. The van der Waals surface area contributed by atoms with Gasteiger partial charge in [0.05, 0.1) is 11.8 Å². The van der Waals surface area contributed by atoms with Gasteiger partial charge in [-0.2, -0.15) is 4.98 Å². The molecule has 0 unspecified atom stereocenters. The lowest BCUT2D eigenvalue weighted by Gasteiger charge is -2.36. The molecule has 0 aromatic carbocycles. The minimum Gasteiger partial charge on any atom is -0.338 e. The molecule has 2 heterocycles. The van der Waals surface area contributed by atoms with E-state index in [1.165, 1.54) is 12.8 Å². The smallest absolute Gasteiger partial charge is 0.243 e. The molecule has 1 atom stereocenters. The fourth-order valence-electron chi connectivity index (χ4n) is 2.94. The van der Waals surface area contributed by atoms with Gasteiger partial charge in [0.2, 0.25) is 15.9 Å². The molecule has 0 bridgehead atoms. The van der Waals surface area contributed by atoms with Gasteiger partial charge in [-0.25, -0.2) is 13.6 Å². The second-order valence-corrected chi connectivity index (χ2v) is 8.27. The molecule has 2 N–H and O–H groups in total. The van der Waals surface area contributed by atoms with Crippen molar-refractivity contribution in [3.05, 3.63) is 11.7 Å². The minimum atomic E-state index is -3.35. The monoisotopic (exact) mass is 343 g/mol. The summed E-state index contributed by atoms with van der Waals surface area (Å²) in [6.45, 7) is 6.53. The van der Waals surface area contributed by atoms with Crippen LogP contribution in [0.5, 0.6) is 0 Å². The number of primary sulfonamides is 1. The summed E-state index contributed by atoms with van der Waals surface area (Å²) in [7, 11) is -3.35. The molecule has 9 heteroatoms. The molecule has 1 aromatic rings. The molecule has 1 saturated heterocycles. The zero-order valence-electron chi connectivity index (χ0n) is 13.5. The van der Waals surface area contributed by atoms with E-state index in [9.17, 15) is 8.42 Å². The molecule has 0 amide bonds. The topological polar surface area (TPSA) is 106 Å². The van der Waals surface area contributed by atoms with Crippen molar-refractivity contribution >= 4 is 10.0 Å². The molecule has 8 nitrogen and oxygen atoms in total. The van der Waals surface area contributed by atoms with Gasteiger partial charge in [-0.1, -0.05) is 5.16 Å². The van der Waals surface area contributed by atoms with Crippen LogP contribution in [0, 0.1) is 0 Å². The summed E-state index contributed by atoms with van der Waals surface area (Å²) in [6.07, 6.45) is 2.93. The molecule has 130 valence electrons. The van der Waals surface area contributed by atoms with E-state index in [4.69, 9.17) is 9.66 Å².